The molecule has 0 bridgehead atoms. The molecule has 0 atom stereocenters. The molecule has 0 N–H and O–H groups in total. The number of nitro benzene ring substituents is 1. The normalized spacial score (nSPS) is 10.5. The van der Waals surface area contributed by atoms with E-state index in [1.807, 2.05) is 0 Å². The molecule has 0 fully saturated rings. The number of carbonyl (C=O) groups is 1. The van der Waals surface area contributed by atoms with Gasteiger partial charge in [0.1, 0.15) is 5.69 Å². The second-order valence-corrected chi connectivity index (χ2v) is 4.28. The minimum Gasteiger partial charge on any atom is -0.472 e. The van der Waals surface area contributed by atoms with Crippen LogP contribution in [0.5, 0.6) is 0 Å². The summed E-state index contributed by atoms with van der Waals surface area (Å²) >= 11 is 0. The number of rotatable bonds is 4. The first-order valence-corrected chi connectivity index (χ1v) is 6.01. The van der Waals surface area contributed by atoms with E-state index in [9.17, 15) is 14.9 Å². The molecular formula is C14H9N3O4. The van der Waals surface area contributed by atoms with Gasteiger partial charge >= 0.3 is 0 Å². The quantitative estimate of drug-likeness (QED) is 0.417. The van der Waals surface area contributed by atoms with Crippen LogP contribution >= 0.6 is 0 Å². The topological polar surface area (TPSA) is 91.2 Å². The van der Waals surface area contributed by atoms with Gasteiger partial charge in [0.15, 0.2) is 6.29 Å². The number of aldehydes is 1. The maximum absolute atomic E-state index is 11.1. The van der Waals surface area contributed by atoms with E-state index in [1.165, 1.54) is 29.3 Å². The van der Waals surface area contributed by atoms with E-state index in [0.717, 1.165) is 0 Å². The van der Waals surface area contributed by atoms with Crippen molar-refractivity contribution in [1.29, 1.82) is 0 Å². The fraction of sp³-hybridized carbons (Fsp3) is 0. The lowest BCUT2D eigenvalue weighted by atomic mass is 10.2. The van der Waals surface area contributed by atoms with Crippen LogP contribution in [0.4, 0.5) is 5.69 Å². The molecule has 0 aliphatic rings. The van der Waals surface area contributed by atoms with Crippen LogP contribution in [0, 0.1) is 10.1 Å². The van der Waals surface area contributed by atoms with Crippen LogP contribution in [0.1, 0.15) is 10.4 Å². The Hall–Kier alpha value is -3.22. The number of hydrogen-bond acceptors (Lipinski definition) is 5. The molecule has 0 saturated heterocycles. The van der Waals surface area contributed by atoms with E-state index < -0.39 is 4.92 Å². The zero-order valence-corrected chi connectivity index (χ0v) is 10.7. The Kier molecular flexibility index (Phi) is 3.07. The van der Waals surface area contributed by atoms with Crippen molar-refractivity contribution in [2.24, 2.45) is 0 Å². The first-order chi connectivity index (χ1) is 10.2. The fourth-order valence-electron chi connectivity index (χ4n) is 1.96. The maximum atomic E-state index is 11.1. The molecule has 7 nitrogen and oxygen atoms in total. The molecule has 3 rings (SSSR count). The predicted octanol–water partition coefficient (Wildman–Crippen LogP) is 2.85. The van der Waals surface area contributed by atoms with E-state index in [4.69, 9.17) is 4.42 Å². The molecule has 1 aromatic carbocycles. The summed E-state index contributed by atoms with van der Waals surface area (Å²) < 4.78 is 6.48. The van der Waals surface area contributed by atoms with Crippen LogP contribution in [0.25, 0.3) is 16.9 Å². The molecule has 0 saturated carbocycles. The van der Waals surface area contributed by atoms with E-state index in [2.05, 4.69) is 5.10 Å². The van der Waals surface area contributed by atoms with E-state index >= 15 is 0 Å². The predicted molar refractivity (Wildman–Crippen MR) is 73.3 cm³/mol. The highest BCUT2D eigenvalue weighted by molar-refractivity contribution is 5.85. The van der Waals surface area contributed by atoms with Gasteiger partial charge in [0, 0.05) is 23.9 Å². The summed E-state index contributed by atoms with van der Waals surface area (Å²) in [6.45, 7) is 0. The molecule has 0 amide bonds. The van der Waals surface area contributed by atoms with Crippen molar-refractivity contribution in [1.82, 2.24) is 9.78 Å². The Morgan fingerprint density at radius 2 is 2.00 bits per heavy atom. The van der Waals surface area contributed by atoms with Crippen molar-refractivity contribution in [3.05, 3.63) is 64.7 Å². The van der Waals surface area contributed by atoms with Crippen LogP contribution in [-0.2, 0) is 0 Å². The van der Waals surface area contributed by atoms with Gasteiger partial charge < -0.3 is 4.42 Å². The zero-order chi connectivity index (χ0) is 14.8. The fourth-order valence-corrected chi connectivity index (χ4v) is 1.96. The zero-order valence-electron chi connectivity index (χ0n) is 10.7. The third kappa shape index (κ3) is 2.32. The third-order valence-electron chi connectivity index (χ3n) is 2.99. The maximum Gasteiger partial charge on any atom is 0.269 e. The smallest absolute Gasteiger partial charge is 0.269 e. The molecule has 0 aliphatic heterocycles. The van der Waals surface area contributed by atoms with Gasteiger partial charge in [0.2, 0.25) is 0 Å². The number of aromatic nitrogens is 2. The minimum absolute atomic E-state index is 0.00317. The Morgan fingerprint density at radius 3 is 2.57 bits per heavy atom. The van der Waals surface area contributed by atoms with Crippen molar-refractivity contribution < 1.29 is 14.1 Å². The van der Waals surface area contributed by atoms with Crippen LogP contribution in [0.15, 0.2) is 53.5 Å². The number of carbonyl (C=O) groups excluding carboxylic acids is 1. The molecular weight excluding hydrogens is 274 g/mol. The average molecular weight is 283 g/mol. The van der Waals surface area contributed by atoms with Gasteiger partial charge in [-0.05, 0) is 18.2 Å². The summed E-state index contributed by atoms with van der Waals surface area (Å²) in [6.07, 6.45) is 5.26. The lowest BCUT2D eigenvalue weighted by Crippen LogP contribution is -1.95. The summed E-state index contributed by atoms with van der Waals surface area (Å²) in [4.78, 5) is 21.3. The highest BCUT2D eigenvalue weighted by Crippen LogP contribution is 2.23. The standard InChI is InChI=1S/C14H9N3O4/c18-8-11-7-16(15-14(11)10-5-6-21-9-10)12-1-3-13(4-2-12)17(19)20/h1-9H. The van der Waals surface area contributed by atoms with Crippen LogP contribution in [0.2, 0.25) is 0 Å². The molecule has 21 heavy (non-hydrogen) atoms. The van der Waals surface area contributed by atoms with Gasteiger partial charge in [-0.1, -0.05) is 0 Å². The molecule has 0 unspecified atom stereocenters. The van der Waals surface area contributed by atoms with Gasteiger partial charge in [-0.15, -0.1) is 0 Å². The number of non-ortho nitro benzene ring substituents is 1. The van der Waals surface area contributed by atoms with E-state index in [-0.39, 0.29) is 5.69 Å². The first kappa shape index (κ1) is 12.8. The van der Waals surface area contributed by atoms with Crippen molar-refractivity contribution in [3.8, 4) is 16.9 Å². The summed E-state index contributed by atoms with van der Waals surface area (Å²) in [5.74, 6) is 0. The third-order valence-corrected chi connectivity index (χ3v) is 2.99. The van der Waals surface area contributed by atoms with Gasteiger partial charge in [-0.2, -0.15) is 5.10 Å². The van der Waals surface area contributed by atoms with Gasteiger partial charge in [0.25, 0.3) is 5.69 Å². The van der Waals surface area contributed by atoms with Crippen LogP contribution in [-0.4, -0.2) is 21.0 Å². The lowest BCUT2D eigenvalue weighted by molar-refractivity contribution is -0.384. The average Bonchev–Trinajstić information content (AvgIpc) is 3.16. The second kappa shape index (κ2) is 5.04. The summed E-state index contributed by atoms with van der Waals surface area (Å²) in [7, 11) is 0. The molecule has 0 radical (unpaired) electrons. The molecule has 2 aromatic heterocycles. The Balaban J connectivity index is 2.03. The van der Waals surface area contributed by atoms with Gasteiger partial charge in [-0.25, -0.2) is 4.68 Å². The monoisotopic (exact) mass is 283 g/mol. The second-order valence-electron chi connectivity index (χ2n) is 4.28. The highest BCUT2D eigenvalue weighted by atomic mass is 16.6. The van der Waals surface area contributed by atoms with Crippen LogP contribution < -0.4 is 0 Å². The highest BCUT2D eigenvalue weighted by Gasteiger charge is 2.13. The summed E-state index contributed by atoms with van der Waals surface area (Å²) in [5.41, 5.74) is 2.22. The largest absolute Gasteiger partial charge is 0.472 e. The number of nitro groups is 1. The Bertz CT molecular complexity index is 788. The Labute approximate surface area is 118 Å². The van der Waals surface area contributed by atoms with Crippen molar-refractivity contribution in [3.63, 3.8) is 0 Å². The molecule has 7 heteroatoms. The molecule has 0 aliphatic carbocycles. The van der Waals surface area contributed by atoms with Crippen molar-refractivity contribution in [2.75, 3.05) is 0 Å². The molecule has 0 spiro atoms. The number of nitrogens with zero attached hydrogens (tertiary/aromatic N) is 3. The van der Waals surface area contributed by atoms with E-state index in [1.54, 1.807) is 24.4 Å². The SMILES string of the molecule is O=Cc1cn(-c2ccc([N+](=O)[O-])cc2)nc1-c1ccoc1. The summed E-state index contributed by atoms with van der Waals surface area (Å²) in [5, 5.41) is 15.0. The van der Waals surface area contributed by atoms with Crippen LogP contribution in [0.3, 0.4) is 0 Å². The number of hydrogen-bond donors (Lipinski definition) is 0. The Morgan fingerprint density at radius 1 is 1.24 bits per heavy atom. The molecule has 3 aromatic rings. The van der Waals surface area contributed by atoms with Gasteiger partial charge in [-0.3, -0.25) is 14.9 Å². The lowest BCUT2D eigenvalue weighted by Gasteiger charge is -2.00. The number of benzene rings is 1. The molecule has 2 heterocycles. The van der Waals surface area contributed by atoms with Crippen molar-refractivity contribution >= 4 is 12.0 Å². The van der Waals surface area contributed by atoms with E-state index in [0.29, 0.717) is 28.8 Å². The first-order valence-electron chi connectivity index (χ1n) is 6.01. The minimum atomic E-state index is -0.472. The van der Waals surface area contributed by atoms with Gasteiger partial charge in [0.05, 0.1) is 28.7 Å². The number of furan rings is 1. The van der Waals surface area contributed by atoms with Crippen molar-refractivity contribution in [2.45, 2.75) is 0 Å². The summed E-state index contributed by atoms with van der Waals surface area (Å²) in [6, 6.07) is 7.61. The molecule has 104 valence electrons.